The molecule has 0 N–H and O–H groups in total. The first-order chi connectivity index (χ1) is 30.8. The maximum absolute atomic E-state index is 6.67. The molecular weight excluding hydrogens is 753 g/mol. The average molecular weight is 797 g/mol. The van der Waals surface area contributed by atoms with Gasteiger partial charge in [-0.1, -0.05) is 140 Å². The molecule has 296 valence electrons. The average Bonchev–Trinajstić information content (AvgIpc) is 4.07. The van der Waals surface area contributed by atoms with Gasteiger partial charge in [0.2, 0.25) is 0 Å². The highest BCUT2D eigenvalue weighted by atomic mass is 16.3. The number of para-hydroxylation sites is 3. The molecule has 3 aliphatic rings. The first-order valence-electron chi connectivity index (χ1n) is 22.2. The Morgan fingerprint density at radius 1 is 0.403 bits per heavy atom. The van der Waals surface area contributed by atoms with Crippen LogP contribution in [0.5, 0.6) is 0 Å². The molecule has 0 aliphatic heterocycles. The van der Waals surface area contributed by atoms with E-state index < -0.39 is 0 Å². The number of rotatable bonds is 7. The lowest BCUT2D eigenvalue weighted by molar-refractivity contribution is 0.350. The predicted octanol–water partition coefficient (Wildman–Crippen LogP) is 15.8. The molecule has 3 aliphatic carbocycles. The van der Waals surface area contributed by atoms with Crippen molar-refractivity contribution in [3.8, 4) is 11.1 Å². The van der Waals surface area contributed by atoms with E-state index in [-0.39, 0.29) is 5.41 Å². The molecule has 3 nitrogen and oxygen atoms in total. The largest absolute Gasteiger partial charge is 0.456 e. The maximum atomic E-state index is 6.67. The molecule has 1 aromatic heterocycles. The molecule has 1 fully saturated rings. The van der Waals surface area contributed by atoms with Crippen LogP contribution >= 0.6 is 0 Å². The van der Waals surface area contributed by atoms with Gasteiger partial charge in [-0.15, -0.1) is 0 Å². The van der Waals surface area contributed by atoms with Crippen LogP contribution in [-0.4, -0.2) is 0 Å². The second-order valence-electron chi connectivity index (χ2n) is 17.5. The predicted molar refractivity (Wildman–Crippen MR) is 257 cm³/mol. The summed E-state index contributed by atoms with van der Waals surface area (Å²) in [6.45, 7) is 0. The van der Waals surface area contributed by atoms with E-state index in [9.17, 15) is 0 Å². The first-order valence-corrected chi connectivity index (χ1v) is 22.2. The Labute approximate surface area is 362 Å². The quantitative estimate of drug-likeness (QED) is 0.160. The van der Waals surface area contributed by atoms with Crippen molar-refractivity contribution in [3.63, 3.8) is 0 Å². The summed E-state index contributed by atoms with van der Waals surface area (Å²) in [7, 11) is 0. The van der Waals surface area contributed by atoms with Gasteiger partial charge in [-0.05, 0) is 137 Å². The van der Waals surface area contributed by atoms with Crippen LogP contribution in [0.15, 0.2) is 211 Å². The summed E-state index contributed by atoms with van der Waals surface area (Å²) in [5, 5.41) is 4.74. The van der Waals surface area contributed by atoms with Crippen molar-refractivity contribution < 1.29 is 4.42 Å². The molecule has 1 saturated carbocycles. The third kappa shape index (κ3) is 5.12. The molecule has 0 bridgehead atoms. The molecule has 13 rings (SSSR count). The molecule has 10 aromatic rings. The number of nitrogens with zero attached hydrogens (tertiary/aromatic N) is 2. The number of hydrogen-bond donors (Lipinski definition) is 0. The van der Waals surface area contributed by atoms with Crippen molar-refractivity contribution in [2.24, 2.45) is 11.8 Å². The Kier molecular flexibility index (Phi) is 7.90. The minimum Gasteiger partial charge on any atom is -0.456 e. The van der Waals surface area contributed by atoms with Crippen molar-refractivity contribution in [2.75, 3.05) is 9.80 Å². The molecule has 3 unspecified atom stereocenters. The van der Waals surface area contributed by atoms with Gasteiger partial charge >= 0.3 is 0 Å². The van der Waals surface area contributed by atoms with Gasteiger partial charge in [0.15, 0.2) is 0 Å². The van der Waals surface area contributed by atoms with Crippen LogP contribution in [0.1, 0.15) is 35.1 Å². The van der Waals surface area contributed by atoms with Crippen molar-refractivity contribution >= 4 is 66.8 Å². The van der Waals surface area contributed by atoms with E-state index in [2.05, 4.69) is 216 Å². The zero-order chi connectivity index (χ0) is 40.8. The Balaban J connectivity index is 1.11. The zero-order valence-electron chi connectivity index (χ0n) is 34.4. The number of hydrogen-bond acceptors (Lipinski definition) is 3. The minimum atomic E-state index is -0.175. The van der Waals surface area contributed by atoms with Crippen LogP contribution in [-0.2, 0) is 18.3 Å². The molecule has 1 heterocycles. The maximum Gasteiger partial charge on any atom is 0.137 e. The first kappa shape index (κ1) is 35.4. The van der Waals surface area contributed by atoms with Crippen LogP contribution in [0.4, 0.5) is 34.1 Å². The summed E-state index contributed by atoms with van der Waals surface area (Å²) in [5.41, 5.74) is 17.2. The monoisotopic (exact) mass is 796 g/mol. The Bertz CT molecular complexity index is 3290. The smallest absolute Gasteiger partial charge is 0.137 e. The van der Waals surface area contributed by atoms with Crippen LogP contribution in [0.3, 0.4) is 0 Å². The molecular formula is C59H44N2O. The fourth-order valence-corrected chi connectivity index (χ4v) is 12.2. The van der Waals surface area contributed by atoms with Crippen molar-refractivity contribution in [2.45, 2.75) is 31.1 Å². The van der Waals surface area contributed by atoms with Crippen LogP contribution in [0, 0.1) is 11.8 Å². The lowest BCUT2D eigenvalue weighted by atomic mass is 9.68. The third-order valence-electron chi connectivity index (χ3n) is 14.5. The second-order valence-corrected chi connectivity index (χ2v) is 17.5. The number of fused-ring (bicyclic) bond motifs is 6. The number of furan rings is 1. The topological polar surface area (TPSA) is 19.6 Å². The third-order valence-corrected chi connectivity index (χ3v) is 14.5. The van der Waals surface area contributed by atoms with E-state index in [4.69, 9.17) is 4.42 Å². The van der Waals surface area contributed by atoms with Gasteiger partial charge in [0.05, 0.1) is 17.1 Å². The lowest BCUT2D eigenvalue weighted by Crippen LogP contribution is -2.34. The standard InChI is InChI=1S/C59H44N2O/c1-4-17-40(18-5-1)56-48-25-11-10-16-39(48)30-35-51(56)61(47-33-34-50-49-26-12-13-29-54(49)62-55(50)38-47)53-28-15-20-42-37-44-32-31-43-36-41-19-14-27-52(57(41)59(43,44)58(42)53)60(45-21-6-2-7-22-45)46-23-8-3-9-24-46/h1-30,33-35,38,43-44H,31-32,36-37H2. The molecule has 9 aromatic carbocycles. The van der Waals surface area contributed by atoms with Crippen LogP contribution < -0.4 is 9.80 Å². The van der Waals surface area contributed by atoms with E-state index in [1.807, 2.05) is 0 Å². The summed E-state index contributed by atoms with van der Waals surface area (Å²) >= 11 is 0. The molecule has 1 spiro atoms. The van der Waals surface area contributed by atoms with Crippen molar-refractivity contribution in [1.29, 1.82) is 0 Å². The van der Waals surface area contributed by atoms with Gasteiger partial charge in [-0.3, -0.25) is 0 Å². The van der Waals surface area contributed by atoms with Gasteiger partial charge in [-0.2, -0.15) is 0 Å². The normalized spacial score (nSPS) is 18.5. The SMILES string of the molecule is c1ccc(-c2c(N(c3ccc4c(c3)oc3ccccc34)c3cccc4c3C35c6c(cccc6N(c6ccccc6)c6ccccc6)CC3CCC5C4)ccc3ccccc23)cc1. The minimum absolute atomic E-state index is 0.175. The van der Waals surface area contributed by atoms with Gasteiger partial charge < -0.3 is 14.2 Å². The van der Waals surface area contributed by atoms with E-state index in [0.29, 0.717) is 11.8 Å². The zero-order valence-corrected chi connectivity index (χ0v) is 34.4. The molecule has 0 radical (unpaired) electrons. The highest BCUT2D eigenvalue weighted by Gasteiger charge is 2.62. The Hall–Kier alpha value is -7.36. The summed E-state index contributed by atoms with van der Waals surface area (Å²) < 4.78 is 6.67. The van der Waals surface area contributed by atoms with E-state index in [1.165, 1.54) is 79.7 Å². The fraction of sp³-hybridized carbons (Fsp3) is 0.119. The highest BCUT2D eigenvalue weighted by Crippen LogP contribution is 2.69. The van der Waals surface area contributed by atoms with E-state index in [1.54, 1.807) is 0 Å². The van der Waals surface area contributed by atoms with Gasteiger partial charge in [0.25, 0.3) is 0 Å². The molecule has 62 heavy (non-hydrogen) atoms. The van der Waals surface area contributed by atoms with Gasteiger partial charge in [-0.25, -0.2) is 0 Å². The van der Waals surface area contributed by atoms with Crippen LogP contribution in [0.25, 0.3) is 43.8 Å². The number of benzene rings is 9. The Morgan fingerprint density at radius 3 is 1.65 bits per heavy atom. The van der Waals surface area contributed by atoms with Crippen molar-refractivity contribution in [3.05, 3.63) is 229 Å². The summed E-state index contributed by atoms with van der Waals surface area (Å²) in [4.78, 5) is 5.12. The fourth-order valence-electron chi connectivity index (χ4n) is 12.2. The molecule has 3 atom stereocenters. The highest BCUT2D eigenvalue weighted by molar-refractivity contribution is 6.08. The van der Waals surface area contributed by atoms with E-state index >= 15 is 0 Å². The van der Waals surface area contributed by atoms with Gasteiger partial charge in [0, 0.05) is 44.9 Å². The molecule has 0 saturated heterocycles. The Morgan fingerprint density at radius 2 is 0.968 bits per heavy atom. The van der Waals surface area contributed by atoms with E-state index in [0.717, 1.165) is 46.2 Å². The lowest BCUT2D eigenvalue weighted by Gasteiger charge is -2.40. The summed E-state index contributed by atoms with van der Waals surface area (Å²) in [6.07, 6.45) is 4.60. The molecule has 3 heteroatoms. The molecule has 0 amide bonds. The van der Waals surface area contributed by atoms with Crippen molar-refractivity contribution in [1.82, 2.24) is 0 Å². The second kappa shape index (κ2) is 13.8. The van der Waals surface area contributed by atoms with Gasteiger partial charge in [0.1, 0.15) is 11.2 Å². The summed E-state index contributed by atoms with van der Waals surface area (Å²) in [5.74, 6) is 0.980. The number of anilines is 6. The van der Waals surface area contributed by atoms with Crippen LogP contribution in [0.2, 0.25) is 0 Å². The summed E-state index contributed by atoms with van der Waals surface area (Å²) in [6, 6.07) is 76.1.